The molecule has 246 valence electrons. The van der Waals surface area contributed by atoms with Gasteiger partial charge in [0.05, 0.1) is 19.6 Å². The number of aliphatic hydroxyl groups is 2. The summed E-state index contributed by atoms with van der Waals surface area (Å²) in [6, 6.07) is 33.0. The zero-order chi connectivity index (χ0) is 33.8. The van der Waals surface area contributed by atoms with Gasteiger partial charge in [0.2, 0.25) is 0 Å². The fourth-order valence-corrected chi connectivity index (χ4v) is 6.27. The summed E-state index contributed by atoms with van der Waals surface area (Å²) in [5.74, 6) is 0.647. The third-order valence-corrected chi connectivity index (χ3v) is 8.69. The van der Waals surface area contributed by atoms with Crippen molar-refractivity contribution in [3.8, 4) is 11.5 Å². The zero-order valence-electron chi connectivity index (χ0n) is 26.1. The van der Waals surface area contributed by atoms with E-state index in [1.165, 1.54) is 12.3 Å². The molecular weight excluding hydrogens is 617 g/mol. The summed E-state index contributed by atoms with van der Waals surface area (Å²) in [5.41, 5.74) is -0.106. The van der Waals surface area contributed by atoms with E-state index in [-0.39, 0.29) is 5.82 Å². The lowest BCUT2D eigenvalue weighted by Crippen LogP contribution is -2.52. The Morgan fingerprint density at radius 3 is 1.90 bits per heavy atom. The molecule has 0 aliphatic carbocycles. The number of methoxy groups -OCH3 is 2. The van der Waals surface area contributed by atoms with Crippen molar-refractivity contribution in [3.05, 3.63) is 154 Å². The summed E-state index contributed by atoms with van der Waals surface area (Å²) >= 11 is 0. The van der Waals surface area contributed by atoms with Crippen molar-refractivity contribution < 1.29 is 33.6 Å². The van der Waals surface area contributed by atoms with Crippen LogP contribution in [0, 0.1) is 0 Å². The number of hydrogen-bond acceptors (Lipinski definition) is 8. The van der Waals surface area contributed by atoms with E-state index in [4.69, 9.17) is 14.2 Å². The second kappa shape index (κ2) is 13.8. The topological polar surface area (TPSA) is 132 Å². The third-order valence-electron chi connectivity index (χ3n) is 8.69. The van der Waals surface area contributed by atoms with Crippen LogP contribution in [-0.4, -0.2) is 64.4 Å². The van der Waals surface area contributed by atoms with E-state index in [0.717, 1.165) is 4.57 Å². The Bertz CT molecular complexity index is 1860. The van der Waals surface area contributed by atoms with E-state index in [1.807, 2.05) is 30.3 Å². The van der Waals surface area contributed by atoms with Crippen LogP contribution in [0.1, 0.15) is 33.3 Å². The maximum atomic E-state index is 16.0. The number of hydrogen-bond donors (Lipinski definition) is 3. The van der Waals surface area contributed by atoms with Gasteiger partial charge in [-0.3, -0.25) is 9.36 Å². The van der Waals surface area contributed by atoms with Crippen LogP contribution in [0.15, 0.2) is 126 Å². The van der Waals surface area contributed by atoms with Gasteiger partial charge < -0.3 is 29.7 Å². The molecule has 11 heteroatoms. The Balaban J connectivity index is 1.39. The standard InChI is InChI=1S/C37H34FN3O7/c1-46-27-17-13-25(14-18-27)37(24-11-7-4-8-12-24,26-15-19-28(47-2)20-16-26)33(43)32-31(42)30(38)35(48-32)41-22-21-29(40-36(41)45)39-34(44)23-9-5-3-6-10-23/h3-22,30-33,35,42-43H,1-2H3,(H,39,40,44,45)/t30-,31+,32+,33?,35-/m1/s1. The van der Waals surface area contributed by atoms with Crippen LogP contribution in [0.25, 0.3) is 0 Å². The van der Waals surface area contributed by atoms with Crippen LogP contribution >= 0.6 is 0 Å². The number of rotatable bonds is 10. The van der Waals surface area contributed by atoms with Crippen molar-refractivity contribution in [2.75, 3.05) is 19.5 Å². The molecule has 10 nitrogen and oxygen atoms in total. The van der Waals surface area contributed by atoms with E-state index < -0.39 is 47.7 Å². The molecule has 1 amide bonds. The molecular formula is C37H34FN3O7. The summed E-state index contributed by atoms with van der Waals surface area (Å²) in [6.07, 6.45) is -7.46. The van der Waals surface area contributed by atoms with Gasteiger partial charge >= 0.3 is 5.69 Å². The van der Waals surface area contributed by atoms with Crippen molar-refractivity contribution in [3.63, 3.8) is 0 Å². The molecule has 1 fully saturated rings. The number of ether oxygens (including phenoxy) is 3. The molecule has 2 heterocycles. The number of amides is 1. The zero-order valence-corrected chi connectivity index (χ0v) is 26.1. The molecule has 5 aromatic rings. The average Bonchev–Trinajstić information content (AvgIpc) is 3.42. The Labute approximate surface area is 276 Å². The summed E-state index contributed by atoms with van der Waals surface area (Å²) in [6.45, 7) is 0. The molecule has 3 N–H and O–H groups in total. The molecule has 0 saturated carbocycles. The lowest BCUT2D eigenvalue weighted by atomic mass is 9.64. The van der Waals surface area contributed by atoms with Crippen molar-refractivity contribution >= 4 is 11.7 Å². The lowest BCUT2D eigenvalue weighted by Gasteiger charge is -2.42. The largest absolute Gasteiger partial charge is 0.497 e. The van der Waals surface area contributed by atoms with E-state index in [2.05, 4.69) is 10.3 Å². The third kappa shape index (κ3) is 5.95. The first-order valence-corrected chi connectivity index (χ1v) is 15.2. The highest BCUT2D eigenvalue weighted by atomic mass is 19.1. The van der Waals surface area contributed by atoms with Gasteiger partial charge in [-0.05, 0) is 59.2 Å². The fourth-order valence-electron chi connectivity index (χ4n) is 6.27. The number of halogens is 1. The summed E-state index contributed by atoms with van der Waals surface area (Å²) in [4.78, 5) is 29.6. The summed E-state index contributed by atoms with van der Waals surface area (Å²) in [7, 11) is 3.09. The number of aromatic nitrogens is 2. The summed E-state index contributed by atoms with van der Waals surface area (Å²) < 4.78 is 33.7. The van der Waals surface area contributed by atoms with Gasteiger partial charge in [0.1, 0.15) is 35.6 Å². The first-order valence-electron chi connectivity index (χ1n) is 15.2. The highest BCUT2D eigenvalue weighted by molar-refractivity contribution is 6.03. The van der Waals surface area contributed by atoms with Gasteiger partial charge in [-0.1, -0.05) is 72.8 Å². The quantitative estimate of drug-likeness (QED) is 0.188. The van der Waals surface area contributed by atoms with Crippen LogP contribution in [0.2, 0.25) is 0 Å². The second-order valence-corrected chi connectivity index (χ2v) is 11.3. The highest BCUT2D eigenvalue weighted by Crippen LogP contribution is 2.47. The van der Waals surface area contributed by atoms with Crippen molar-refractivity contribution in [1.29, 1.82) is 0 Å². The monoisotopic (exact) mass is 651 g/mol. The molecule has 1 aliphatic rings. The van der Waals surface area contributed by atoms with Gasteiger partial charge in [-0.2, -0.15) is 4.98 Å². The van der Waals surface area contributed by atoms with Gasteiger partial charge in [-0.15, -0.1) is 0 Å². The minimum Gasteiger partial charge on any atom is -0.497 e. The first-order chi connectivity index (χ1) is 23.3. The number of nitrogens with one attached hydrogen (secondary N) is 1. The van der Waals surface area contributed by atoms with Crippen molar-refractivity contribution in [2.45, 2.75) is 36.1 Å². The number of nitrogens with zero attached hydrogens (tertiary/aromatic N) is 2. The molecule has 5 atom stereocenters. The first kappa shape index (κ1) is 32.6. The number of aliphatic hydroxyl groups excluding tert-OH is 2. The Morgan fingerprint density at radius 2 is 1.38 bits per heavy atom. The molecule has 1 aromatic heterocycles. The normalized spacial score (nSPS) is 19.8. The number of alkyl halides is 1. The molecule has 1 saturated heterocycles. The number of carbonyl (C=O) groups excluding carboxylic acids is 1. The van der Waals surface area contributed by atoms with Crippen LogP contribution in [0.3, 0.4) is 0 Å². The Morgan fingerprint density at radius 1 is 0.854 bits per heavy atom. The van der Waals surface area contributed by atoms with Crippen LogP contribution in [0.4, 0.5) is 10.2 Å². The SMILES string of the molecule is COc1ccc(C(c2ccccc2)(c2ccc(OC)cc2)C(O)[C@H]2O[C@@H](n3ccc(NC(=O)c4ccccc4)nc3=O)[C@H](F)[C@@H]2O)cc1. The van der Waals surface area contributed by atoms with E-state index in [1.54, 1.807) is 93.1 Å². The molecule has 0 spiro atoms. The lowest BCUT2D eigenvalue weighted by molar-refractivity contribution is -0.0983. The smallest absolute Gasteiger partial charge is 0.351 e. The van der Waals surface area contributed by atoms with Crippen LogP contribution < -0.4 is 20.5 Å². The summed E-state index contributed by atoms with van der Waals surface area (Å²) in [5, 5.41) is 26.4. The minimum absolute atomic E-state index is 0.0438. The maximum absolute atomic E-state index is 16.0. The Hall–Kier alpha value is -5.36. The maximum Gasteiger partial charge on any atom is 0.351 e. The van der Waals surface area contributed by atoms with Crippen molar-refractivity contribution in [1.82, 2.24) is 9.55 Å². The van der Waals surface area contributed by atoms with Crippen LogP contribution in [0.5, 0.6) is 11.5 Å². The minimum atomic E-state index is -2.12. The molecule has 0 radical (unpaired) electrons. The molecule has 48 heavy (non-hydrogen) atoms. The van der Waals surface area contributed by atoms with Crippen molar-refractivity contribution in [2.24, 2.45) is 0 Å². The second-order valence-electron chi connectivity index (χ2n) is 11.3. The van der Waals surface area contributed by atoms with Gasteiger partial charge in [-0.25, -0.2) is 9.18 Å². The highest BCUT2D eigenvalue weighted by Gasteiger charge is 2.56. The predicted octanol–water partition coefficient (Wildman–Crippen LogP) is 4.50. The molecule has 6 rings (SSSR count). The molecule has 4 aromatic carbocycles. The number of carbonyl (C=O) groups is 1. The van der Waals surface area contributed by atoms with E-state index >= 15 is 4.39 Å². The van der Waals surface area contributed by atoms with Gasteiger partial charge in [0.25, 0.3) is 5.91 Å². The Kier molecular flexibility index (Phi) is 9.35. The fraction of sp³-hybridized carbons (Fsp3) is 0.216. The van der Waals surface area contributed by atoms with Gasteiger partial charge in [0.15, 0.2) is 12.4 Å². The van der Waals surface area contributed by atoms with Gasteiger partial charge in [0, 0.05) is 11.8 Å². The molecule has 0 bridgehead atoms. The number of benzene rings is 4. The van der Waals surface area contributed by atoms with E-state index in [9.17, 15) is 19.8 Å². The van der Waals surface area contributed by atoms with Crippen LogP contribution in [-0.2, 0) is 10.2 Å². The van der Waals surface area contributed by atoms with E-state index in [0.29, 0.717) is 33.8 Å². The average molecular weight is 652 g/mol. The molecule has 1 unspecified atom stereocenters. The predicted molar refractivity (Wildman–Crippen MR) is 176 cm³/mol. The molecule has 1 aliphatic heterocycles. The number of anilines is 1.